The van der Waals surface area contributed by atoms with E-state index in [1.54, 1.807) is 36.1 Å². The van der Waals surface area contributed by atoms with Crippen LogP contribution in [-0.4, -0.2) is 33.6 Å². The summed E-state index contributed by atoms with van der Waals surface area (Å²) >= 11 is 0. The summed E-state index contributed by atoms with van der Waals surface area (Å²) in [6, 6.07) is 20.3. The fourth-order valence-electron chi connectivity index (χ4n) is 4.26. The third-order valence-electron chi connectivity index (χ3n) is 6.03. The Labute approximate surface area is 207 Å². The molecule has 0 aliphatic carbocycles. The van der Waals surface area contributed by atoms with Gasteiger partial charge in [0.15, 0.2) is 17.1 Å². The van der Waals surface area contributed by atoms with Crippen LogP contribution >= 0.6 is 0 Å². The first-order chi connectivity index (χ1) is 17.6. The van der Waals surface area contributed by atoms with Gasteiger partial charge in [0.2, 0.25) is 0 Å². The number of nitrogens with one attached hydrogen (secondary N) is 1. The van der Waals surface area contributed by atoms with Crippen molar-refractivity contribution in [3.8, 4) is 11.5 Å². The molecule has 0 unspecified atom stereocenters. The Kier molecular flexibility index (Phi) is 6.40. The van der Waals surface area contributed by atoms with Crippen LogP contribution in [0.1, 0.15) is 28.4 Å². The third-order valence-corrected chi connectivity index (χ3v) is 6.03. The summed E-state index contributed by atoms with van der Waals surface area (Å²) in [6.45, 7) is 3.16. The van der Waals surface area contributed by atoms with Crippen LogP contribution in [-0.2, 0) is 13.1 Å². The number of methoxy groups -OCH3 is 1. The highest BCUT2D eigenvalue weighted by molar-refractivity contribution is 5.94. The van der Waals surface area contributed by atoms with E-state index < -0.39 is 0 Å². The minimum absolute atomic E-state index is 0.112. The zero-order valence-electron chi connectivity index (χ0n) is 20.1. The summed E-state index contributed by atoms with van der Waals surface area (Å²) < 4.78 is 14.4. The number of hydrogen-bond acceptors (Lipinski definition) is 5. The van der Waals surface area contributed by atoms with Crippen LogP contribution < -0.4 is 20.3 Å². The molecule has 8 heteroatoms. The van der Waals surface area contributed by atoms with Crippen LogP contribution in [0.4, 0.5) is 0 Å². The van der Waals surface area contributed by atoms with Crippen molar-refractivity contribution in [2.24, 2.45) is 0 Å². The van der Waals surface area contributed by atoms with Gasteiger partial charge in [-0.1, -0.05) is 18.2 Å². The Morgan fingerprint density at radius 1 is 0.972 bits per heavy atom. The first-order valence-corrected chi connectivity index (χ1v) is 11.7. The lowest BCUT2D eigenvalue weighted by Crippen LogP contribution is -2.24. The van der Waals surface area contributed by atoms with Gasteiger partial charge in [-0.2, -0.15) is 0 Å². The van der Waals surface area contributed by atoms with Crippen molar-refractivity contribution in [2.75, 3.05) is 13.7 Å². The monoisotopic (exact) mass is 482 g/mol. The van der Waals surface area contributed by atoms with Gasteiger partial charge in [0.05, 0.1) is 25.8 Å². The highest BCUT2D eigenvalue weighted by Crippen LogP contribution is 2.28. The van der Waals surface area contributed by atoms with E-state index in [0.717, 1.165) is 16.6 Å². The van der Waals surface area contributed by atoms with Gasteiger partial charge in [0, 0.05) is 24.5 Å². The van der Waals surface area contributed by atoms with E-state index in [1.165, 1.54) is 0 Å². The molecule has 182 valence electrons. The van der Waals surface area contributed by atoms with Gasteiger partial charge >= 0.3 is 0 Å². The number of amides is 1. The fraction of sp³-hybridized carbons (Fsp3) is 0.179. The van der Waals surface area contributed by atoms with Crippen molar-refractivity contribution in [2.45, 2.75) is 20.0 Å². The van der Waals surface area contributed by atoms with Crippen molar-refractivity contribution in [1.29, 1.82) is 0 Å². The first-order valence-electron chi connectivity index (χ1n) is 11.7. The fourth-order valence-corrected chi connectivity index (χ4v) is 4.26. The van der Waals surface area contributed by atoms with E-state index in [4.69, 9.17) is 9.47 Å². The zero-order valence-corrected chi connectivity index (χ0v) is 20.1. The van der Waals surface area contributed by atoms with Crippen LogP contribution in [0, 0.1) is 0 Å². The molecule has 0 bridgehead atoms. The van der Waals surface area contributed by atoms with Gasteiger partial charge < -0.3 is 19.2 Å². The number of hydrogen-bond donors (Lipinski definition) is 1. The maximum atomic E-state index is 13.1. The van der Waals surface area contributed by atoms with E-state index in [9.17, 15) is 9.59 Å². The number of carbonyl (C=O) groups is 1. The predicted octanol–water partition coefficient (Wildman–Crippen LogP) is 4.03. The quantitative estimate of drug-likeness (QED) is 0.361. The summed E-state index contributed by atoms with van der Waals surface area (Å²) in [5.74, 6) is 1.11. The second-order valence-corrected chi connectivity index (χ2v) is 8.30. The number of pyridine rings is 1. The highest BCUT2D eigenvalue weighted by atomic mass is 16.5. The second-order valence-electron chi connectivity index (χ2n) is 8.30. The van der Waals surface area contributed by atoms with Gasteiger partial charge in [0.25, 0.3) is 11.5 Å². The molecule has 0 aliphatic heterocycles. The molecule has 1 amide bonds. The standard InChI is InChI=1S/C28H26N4O4/c1-3-36-24-13-10-20(16-25(24)35-2)17-30-27(33)21-11-8-19(9-12-21)18-32-26-22(6-4-14-29-26)31-15-5-7-23(31)28(32)34/h4-16H,3,17-18H2,1-2H3,(H,30,33). The van der Waals surface area contributed by atoms with Crippen molar-refractivity contribution in [1.82, 2.24) is 19.3 Å². The lowest BCUT2D eigenvalue weighted by Gasteiger charge is -2.13. The maximum Gasteiger partial charge on any atom is 0.276 e. The molecule has 3 heterocycles. The Balaban J connectivity index is 1.31. The molecule has 0 spiro atoms. The summed E-state index contributed by atoms with van der Waals surface area (Å²) in [5, 5.41) is 2.93. The summed E-state index contributed by atoms with van der Waals surface area (Å²) in [6.07, 6.45) is 3.54. The van der Waals surface area contributed by atoms with Gasteiger partial charge in [-0.15, -0.1) is 0 Å². The molecular formula is C28H26N4O4. The molecule has 0 saturated heterocycles. The SMILES string of the molecule is CCOc1ccc(CNC(=O)c2ccc(Cn3c(=O)c4cccn4c4cccnc43)cc2)cc1OC. The Morgan fingerprint density at radius 3 is 2.53 bits per heavy atom. The van der Waals surface area contributed by atoms with Crippen molar-refractivity contribution in [3.63, 3.8) is 0 Å². The molecule has 2 aromatic carbocycles. The zero-order chi connectivity index (χ0) is 25.1. The van der Waals surface area contributed by atoms with Gasteiger partial charge in [-0.05, 0) is 66.6 Å². The largest absolute Gasteiger partial charge is 0.493 e. The van der Waals surface area contributed by atoms with Gasteiger partial charge in [0.1, 0.15) is 5.52 Å². The summed E-state index contributed by atoms with van der Waals surface area (Å²) in [5.41, 5.74) is 4.29. The van der Waals surface area contributed by atoms with Gasteiger partial charge in [-0.25, -0.2) is 4.98 Å². The number of fused-ring (bicyclic) bond motifs is 3. The molecule has 0 aliphatic rings. The van der Waals surface area contributed by atoms with Crippen LogP contribution in [0.15, 0.2) is 83.9 Å². The maximum absolute atomic E-state index is 13.1. The number of rotatable bonds is 8. The average molecular weight is 483 g/mol. The van der Waals surface area contributed by atoms with E-state index in [2.05, 4.69) is 10.3 Å². The summed E-state index contributed by atoms with van der Waals surface area (Å²) in [7, 11) is 1.59. The van der Waals surface area contributed by atoms with Crippen LogP contribution in [0.25, 0.3) is 16.7 Å². The molecule has 5 aromatic rings. The molecule has 3 aromatic heterocycles. The molecule has 8 nitrogen and oxygen atoms in total. The molecular weight excluding hydrogens is 456 g/mol. The minimum Gasteiger partial charge on any atom is -0.493 e. The van der Waals surface area contributed by atoms with E-state index in [0.29, 0.717) is 47.9 Å². The Morgan fingerprint density at radius 2 is 1.75 bits per heavy atom. The third kappa shape index (κ3) is 4.40. The van der Waals surface area contributed by atoms with Crippen molar-refractivity contribution >= 4 is 22.6 Å². The number of carbonyl (C=O) groups excluding carboxylic acids is 1. The molecule has 36 heavy (non-hydrogen) atoms. The van der Waals surface area contributed by atoms with Crippen molar-refractivity contribution < 1.29 is 14.3 Å². The Bertz CT molecular complexity index is 1600. The molecule has 1 N–H and O–H groups in total. The molecule has 5 rings (SSSR count). The smallest absolute Gasteiger partial charge is 0.276 e. The second kappa shape index (κ2) is 9.95. The Hall–Kier alpha value is -4.59. The minimum atomic E-state index is -0.187. The molecule has 0 atom stereocenters. The molecule has 0 radical (unpaired) electrons. The molecule has 0 saturated carbocycles. The van der Waals surface area contributed by atoms with Crippen LogP contribution in [0.5, 0.6) is 11.5 Å². The summed E-state index contributed by atoms with van der Waals surface area (Å²) in [4.78, 5) is 30.3. The predicted molar refractivity (Wildman–Crippen MR) is 138 cm³/mol. The van der Waals surface area contributed by atoms with Crippen molar-refractivity contribution in [3.05, 3.63) is 106 Å². The highest BCUT2D eigenvalue weighted by Gasteiger charge is 2.13. The number of ether oxygens (including phenoxy) is 2. The number of aromatic nitrogens is 3. The normalized spacial score (nSPS) is 11.1. The lowest BCUT2D eigenvalue weighted by atomic mass is 10.1. The lowest BCUT2D eigenvalue weighted by molar-refractivity contribution is 0.0951. The van der Waals surface area contributed by atoms with E-state index in [1.807, 2.05) is 66.1 Å². The van der Waals surface area contributed by atoms with Crippen LogP contribution in [0.3, 0.4) is 0 Å². The first kappa shape index (κ1) is 23.2. The van der Waals surface area contributed by atoms with E-state index in [-0.39, 0.29) is 11.5 Å². The van der Waals surface area contributed by atoms with Crippen LogP contribution in [0.2, 0.25) is 0 Å². The number of benzene rings is 2. The van der Waals surface area contributed by atoms with E-state index >= 15 is 0 Å². The van der Waals surface area contributed by atoms with Gasteiger partial charge in [-0.3, -0.25) is 14.2 Å². The average Bonchev–Trinajstić information content (AvgIpc) is 3.41. The number of nitrogens with zero attached hydrogens (tertiary/aromatic N) is 3. The molecule has 0 fully saturated rings. The topological polar surface area (TPSA) is 86.9 Å².